The van der Waals surface area contributed by atoms with Crippen molar-refractivity contribution in [1.29, 1.82) is 0 Å². The third-order valence-electron chi connectivity index (χ3n) is 4.27. The van der Waals surface area contributed by atoms with Crippen molar-refractivity contribution in [3.8, 4) is 28.6 Å². The van der Waals surface area contributed by atoms with Crippen LogP contribution in [0.5, 0.6) is 5.75 Å². The maximum absolute atomic E-state index is 12.3. The highest BCUT2D eigenvalue weighted by Crippen LogP contribution is 2.27. The molecule has 0 radical (unpaired) electrons. The van der Waals surface area contributed by atoms with Gasteiger partial charge in [-0.3, -0.25) is 0 Å². The van der Waals surface area contributed by atoms with Gasteiger partial charge in [0.1, 0.15) is 19.0 Å². The van der Waals surface area contributed by atoms with Crippen LogP contribution in [0.1, 0.15) is 11.1 Å². The second kappa shape index (κ2) is 11.4. The van der Waals surface area contributed by atoms with Crippen molar-refractivity contribution in [3.63, 3.8) is 0 Å². The minimum atomic E-state index is -0.530. The van der Waals surface area contributed by atoms with Gasteiger partial charge in [0, 0.05) is 11.1 Å². The second-order valence-electron chi connectivity index (χ2n) is 6.53. The number of aliphatic hydroxyl groups excluding tert-OH is 1. The lowest BCUT2D eigenvalue weighted by Gasteiger charge is -2.07. The van der Waals surface area contributed by atoms with Gasteiger partial charge in [0.05, 0.1) is 33.0 Å². The van der Waals surface area contributed by atoms with E-state index in [4.69, 9.17) is 23.8 Å². The van der Waals surface area contributed by atoms with Gasteiger partial charge in [0.15, 0.2) is 0 Å². The normalized spacial score (nSPS) is 11.0. The van der Waals surface area contributed by atoms with E-state index >= 15 is 0 Å². The lowest BCUT2D eigenvalue weighted by Crippen LogP contribution is -2.07. The van der Waals surface area contributed by atoms with Gasteiger partial charge in [-0.2, -0.15) is 4.98 Å². The molecule has 160 valence electrons. The van der Waals surface area contributed by atoms with Gasteiger partial charge in [-0.1, -0.05) is 29.4 Å². The summed E-state index contributed by atoms with van der Waals surface area (Å²) in [6, 6.07) is 13.2. The summed E-state index contributed by atoms with van der Waals surface area (Å²) in [6.07, 6.45) is 0. The number of benzene rings is 2. The average Bonchev–Trinajstić information content (AvgIpc) is 3.26. The zero-order chi connectivity index (χ0) is 21.2. The minimum Gasteiger partial charge on any atom is -0.491 e. The molecule has 1 N–H and O–H groups in total. The van der Waals surface area contributed by atoms with Gasteiger partial charge in [0.2, 0.25) is 5.82 Å². The molecule has 8 heteroatoms. The fraction of sp³-hybridized carbons (Fsp3) is 0.364. The van der Waals surface area contributed by atoms with Crippen LogP contribution in [0.2, 0.25) is 0 Å². The summed E-state index contributed by atoms with van der Waals surface area (Å²) in [6.45, 7) is 3.10. The van der Waals surface area contributed by atoms with Gasteiger partial charge in [-0.05, 0) is 36.2 Å². The molecule has 0 aliphatic heterocycles. The first kappa shape index (κ1) is 21.9. The molecule has 0 atom stereocenters. The van der Waals surface area contributed by atoms with Crippen molar-refractivity contribution < 1.29 is 28.2 Å². The molecule has 1 heterocycles. The number of hydrogen-bond acceptors (Lipinski definition) is 7. The standard InChI is InChI=1S/C22H25FN2O5/c1-16-14-19(6-7-20(16)29-10-8-23)22-24-21(25-30-22)18-4-2-17(3-5-18)15-28-13-12-27-11-9-26/h2-7,14,26H,8-13,15H2,1H3. The van der Waals surface area contributed by atoms with Crippen molar-refractivity contribution in [1.82, 2.24) is 10.1 Å². The summed E-state index contributed by atoms with van der Waals surface area (Å²) >= 11 is 0. The Morgan fingerprint density at radius 3 is 2.47 bits per heavy atom. The Labute approximate surface area is 174 Å². The monoisotopic (exact) mass is 416 g/mol. The third-order valence-corrected chi connectivity index (χ3v) is 4.27. The van der Waals surface area contributed by atoms with Crippen LogP contribution in [-0.4, -0.2) is 55.0 Å². The number of nitrogens with zero attached hydrogens (tertiary/aromatic N) is 2. The summed E-state index contributed by atoms with van der Waals surface area (Å²) in [4.78, 5) is 4.47. The molecule has 1 aromatic heterocycles. The smallest absolute Gasteiger partial charge is 0.258 e. The molecule has 3 rings (SSSR count). The van der Waals surface area contributed by atoms with E-state index in [9.17, 15) is 4.39 Å². The first-order chi connectivity index (χ1) is 14.7. The summed E-state index contributed by atoms with van der Waals surface area (Å²) in [7, 11) is 0. The van der Waals surface area contributed by atoms with Crippen molar-refractivity contribution >= 4 is 0 Å². The Morgan fingerprint density at radius 2 is 1.73 bits per heavy atom. The molecule has 0 aliphatic rings. The van der Waals surface area contributed by atoms with Crippen LogP contribution < -0.4 is 4.74 Å². The van der Waals surface area contributed by atoms with Crippen LogP contribution in [0.4, 0.5) is 4.39 Å². The zero-order valence-electron chi connectivity index (χ0n) is 16.8. The lowest BCUT2D eigenvalue weighted by molar-refractivity contribution is 0.0274. The first-order valence-corrected chi connectivity index (χ1v) is 9.70. The Bertz CT molecular complexity index is 914. The van der Waals surface area contributed by atoms with Crippen LogP contribution >= 0.6 is 0 Å². The molecule has 0 amide bonds. The van der Waals surface area contributed by atoms with Gasteiger partial charge < -0.3 is 23.8 Å². The van der Waals surface area contributed by atoms with E-state index in [1.165, 1.54) is 0 Å². The highest BCUT2D eigenvalue weighted by Gasteiger charge is 2.12. The summed E-state index contributed by atoms with van der Waals surface area (Å²) in [5.41, 5.74) is 3.49. The maximum atomic E-state index is 12.3. The summed E-state index contributed by atoms with van der Waals surface area (Å²) in [5, 5.41) is 12.7. The van der Waals surface area contributed by atoms with Crippen molar-refractivity contribution in [2.45, 2.75) is 13.5 Å². The van der Waals surface area contributed by atoms with Crippen molar-refractivity contribution in [2.24, 2.45) is 0 Å². The van der Waals surface area contributed by atoms with Crippen LogP contribution in [0.15, 0.2) is 47.0 Å². The number of halogens is 1. The maximum Gasteiger partial charge on any atom is 0.258 e. The summed E-state index contributed by atoms with van der Waals surface area (Å²) < 4.78 is 33.7. The van der Waals surface area contributed by atoms with Gasteiger partial charge in [-0.15, -0.1) is 0 Å². The van der Waals surface area contributed by atoms with Crippen molar-refractivity contribution in [3.05, 3.63) is 53.6 Å². The van der Waals surface area contributed by atoms with Crippen LogP contribution in [0, 0.1) is 6.92 Å². The Hall–Kier alpha value is -2.81. The Morgan fingerprint density at radius 1 is 0.967 bits per heavy atom. The molecule has 0 bridgehead atoms. The Kier molecular flexibility index (Phi) is 8.31. The van der Waals surface area contributed by atoms with E-state index in [-0.39, 0.29) is 13.2 Å². The largest absolute Gasteiger partial charge is 0.491 e. The minimum absolute atomic E-state index is 0.0130. The summed E-state index contributed by atoms with van der Waals surface area (Å²) in [5.74, 6) is 1.53. The van der Waals surface area contributed by atoms with Gasteiger partial charge >= 0.3 is 0 Å². The fourth-order valence-electron chi connectivity index (χ4n) is 2.78. The quantitative estimate of drug-likeness (QED) is 0.452. The molecule has 2 aromatic carbocycles. The van der Waals surface area contributed by atoms with E-state index in [1.54, 1.807) is 6.07 Å². The molecule has 7 nitrogen and oxygen atoms in total. The molecule has 0 spiro atoms. The first-order valence-electron chi connectivity index (χ1n) is 9.70. The number of aromatic nitrogens is 2. The average molecular weight is 416 g/mol. The van der Waals surface area contributed by atoms with Crippen LogP contribution in [-0.2, 0) is 16.1 Å². The fourth-order valence-corrected chi connectivity index (χ4v) is 2.78. The van der Waals surface area contributed by atoms with E-state index in [1.807, 2.05) is 43.3 Å². The number of aryl methyl sites for hydroxylation is 1. The predicted molar refractivity (Wildman–Crippen MR) is 109 cm³/mol. The number of alkyl halides is 1. The predicted octanol–water partition coefficient (Wildman–Crippen LogP) is 3.59. The lowest BCUT2D eigenvalue weighted by atomic mass is 10.1. The Balaban J connectivity index is 1.58. The third kappa shape index (κ3) is 6.09. The van der Waals surface area contributed by atoms with E-state index in [0.29, 0.717) is 43.9 Å². The SMILES string of the molecule is Cc1cc(-c2nc(-c3ccc(COCCOCCO)cc3)no2)ccc1OCCF. The zero-order valence-corrected chi connectivity index (χ0v) is 16.8. The molecule has 0 saturated heterocycles. The second-order valence-corrected chi connectivity index (χ2v) is 6.53. The number of rotatable bonds is 12. The highest BCUT2D eigenvalue weighted by atomic mass is 19.1. The number of ether oxygens (including phenoxy) is 3. The molecular formula is C22H25FN2O5. The number of hydrogen-bond donors (Lipinski definition) is 1. The van der Waals surface area contributed by atoms with Crippen molar-refractivity contribution in [2.75, 3.05) is 39.7 Å². The molecule has 0 unspecified atom stereocenters. The van der Waals surface area contributed by atoms with Crippen LogP contribution in [0.3, 0.4) is 0 Å². The molecular weight excluding hydrogens is 391 g/mol. The molecule has 0 saturated carbocycles. The topological polar surface area (TPSA) is 86.8 Å². The highest BCUT2D eigenvalue weighted by molar-refractivity contribution is 5.61. The number of aliphatic hydroxyl groups is 1. The van der Waals surface area contributed by atoms with E-state index in [0.717, 1.165) is 22.3 Å². The van der Waals surface area contributed by atoms with E-state index in [2.05, 4.69) is 10.1 Å². The molecule has 3 aromatic rings. The van der Waals surface area contributed by atoms with Gasteiger partial charge in [-0.25, -0.2) is 4.39 Å². The molecule has 30 heavy (non-hydrogen) atoms. The van der Waals surface area contributed by atoms with Crippen LogP contribution in [0.25, 0.3) is 22.8 Å². The van der Waals surface area contributed by atoms with Gasteiger partial charge in [0.25, 0.3) is 5.89 Å². The van der Waals surface area contributed by atoms with E-state index < -0.39 is 6.67 Å². The molecule has 0 aliphatic carbocycles. The molecule has 0 fully saturated rings.